The van der Waals surface area contributed by atoms with Crippen LogP contribution in [0, 0.1) is 5.92 Å². The molecule has 0 spiro atoms. The zero-order chi connectivity index (χ0) is 16.9. The van der Waals surface area contributed by atoms with E-state index in [1.54, 1.807) is 18.2 Å². The Morgan fingerprint density at radius 1 is 1.29 bits per heavy atom. The van der Waals surface area contributed by atoms with E-state index in [1.165, 1.54) is 12.5 Å². The molecule has 2 unspecified atom stereocenters. The van der Waals surface area contributed by atoms with E-state index in [-0.39, 0.29) is 11.7 Å². The lowest BCUT2D eigenvalue weighted by molar-refractivity contribution is -0.116. The molecule has 0 bridgehead atoms. The Morgan fingerprint density at radius 2 is 2.04 bits per heavy atom. The van der Waals surface area contributed by atoms with Crippen molar-refractivity contribution in [3.63, 3.8) is 0 Å². The minimum atomic E-state index is -0.113. The number of carbonyl (C=O) groups excluding carboxylic acids is 1. The molecular formula is C20H23NO3. The van der Waals surface area contributed by atoms with Crippen molar-refractivity contribution < 1.29 is 14.3 Å². The first-order chi connectivity index (χ1) is 11.6. The third kappa shape index (κ3) is 4.51. The van der Waals surface area contributed by atoms with Crippen molar-refractivity contribution in [1.29, 1.82) is 0 Å². The number of aromatic hydroxyl groups is 1. The molecule has 1 amide bonds. The predicted octanol–water partition coefficient (Wildman–Crippen LogP) is 3.87. The molecule has 1 fully saturated rings. The number of phenolic OH excluding ortho intramolecular Hbond substituents is 1. The van der Waals surface area contributed by atoms with Gasteiger partial charge in [-0.25, -0.2) is 0 Å². The summed E-state index contributed by atoms with van der Waals surface area (Å²) in [5.41, 5.74) is 1.15. The van der Waals surface area contributed by atoms with Gasteiger partial charge in [0.15, 0.2) is 0 Å². The largest absolute Gasteiger partial charge is 0.508 e. The normalized spacial score (nSPS) is 19.5. The van der Waals surface area contributed by atoms with Gasteiger partial charge in [-0.1, -0.05) is 19.1 Å². The third-order valence-corrected chi connectivity index (χ3v) is 4.40. The highest BCUT2D eigenvalue weighted by atomic mass is 16.3. The number of benzene rings is 1. The zero-order valence-electron chi connectivity index (χ0n) is 13.9. The van der Waals surface area contributed by atoms with Crippen LogP contribution in [-0.2, 0) is 11.2 Å². The smallest absolute Gasteiger partial charge is 0.244 e. The average Bonchev–Trinajstić information content (AvgIpc) is 3.12. The Labute approximate surface area is 142 Å². The fourth-order valence-corrected chi connectivity index (χ4v) is 2.76. The number of hydrogen-bond donors (Lipinski definition) is 2. The highest BCUT2D eigenvalue weighted by molar-refractivity contribution is 5.91. The molecule has 1 aliphatic carbocycles. The lowest BCUT2D eigenvalue weighted by Gasteiger charge is -2.03. The molecule has 0 aliphatic heterocycles. The predicted molar refractivity (Wildman–Crippen MR) is 93.7 cm³/mol. The Morgan fingerprint density at radius 3 is 2.75 bits per heavy atom. The van der Waals surface area contributed by atoms with Crippen molar-refractivity contribution in [2.45, 2.75) is 32.1 Å². The summed E-state index contributed by atoms with van der Waals surface area (Å²) in [5.74, 6) is 3.18. The maximum absolute atomic E-state index is 11.8. The van der Waals surface area contributed by atoms with Gasteiger partial charge in [0.25, 0.3) is 0 Å². The van der Waals surface area contributed by atoms with Crippen molar-refractivity contribution in [3.05, 3.63) is 59.6 Å². The van der Waals surface area contributed by atoms with Crippen LogP contribution in [0.3, 0.4) is 0 Å². The SMILES string of the molecule is CC1CC1c1ccc(C=CC(=O)NCCCc2ccc(O)cc2)o1. The average molecular weight is 325 g/mol. The Hall–Kier alpha value is -2.49. The fraction of sp³-hybridized carbons (Fsp3) is 0.350. The summed E-state index contributed by atoms with van der Waals surface area (Å²) in [4.78, 5) is 11.8. The molecular weight excluding hydrogens is 302 g/mol. The van der Waals surface area contributed by atoms with Gasteiger partial charge in [-0.3, -0.25) is 4.79 Å². The fourth-order valence-electron chi connectivity index (χ4n) is 2.76. The minimum absolute atomic E-state index is 0.113. The summed E-state index contributed by atoms with van der Waals surface area (Å²) >= 11 is 0. The molecule has 3 rings (SSSR count). The Kier molecular flexibility index (Phi) is 5.04. The summed E-state index contributed by atoms with van der Waals surface area (Å²) in [6.07, 6.45) is 6.14. The molecule has 126 valence electrons. The molecule has 2 aromatic rings. The van der Waals surface area contributed by atoms with Gasteiger partial charge in [-0.2, -0.15) is 0 Å². The van der Waals surface area contributed by atoms with E-state index < -0.39 is 0 Å². The van der Waals surface area contributed by atoms with E-state index >= 15 is 0 Å². The van der Waals surface area contributed by atoms with Crippen LogP contribution in [0.15, 0.2) is 46.9 Å². The summed E-state index contributed by atoms with van der Waals surface area (Å²) in [5, 5.41) is 12.1. The van der Waals surface area contributed by atoms with Gasteiger partial charge < -0.3 is 14.8 Å². The molecule has 1 heterocycles. The lowest BCUT2D eigenvalue weighted by atomic mass is 10.1. The number of aryl methyl sites for hydroxylation is 1. The first-order valence-corrected chi connectivity index (χ1v) is 8.45. The van der Waals surface area contributed by atoms with Crippen molar-refractivity contribution >= 4 is 12.0 Å². The molecule has 24 heavy (non-hydrogen) atoms. The summed E-state index contributed by atoms with van der Waals surface area (Å²) in [7, 11) is 0. The van der Waals surface area contributed by atoms with Gasteiger partial charge in [0.05, 0.1) is 0 Å². The van der Waals surface area contributed by atoms with E-state index in [4.69, 9.17) is 4.42 Å². The van der Waals surface area contributed by atoms with Gasteiger partial charge in [0, 0.05) is 18.5 Å². The Balaban J connectivity index is 1.37. The van der Waals surface area contributed by atoms with Crippen LogP contribution in [-0.4, -0.2) is 17.6 Å². The number of hydrogen-bond acceptors (Lipinski definition) is 3. The number of carbonyl (C=O) groups is 1. The molecule has 1 aromatic carbocycles. The minimum Gasteiger partial charge on any atom is -0.508 e. The summed E-state index contributed by atoms with van der Waals surface area (Å²) in [6, 6.07) is 11.1. The third-order valence-electron chi connectivity index (χ3n) is 4.40. The number of phenols is 1. The highest BCUT2D eigenvalue weighted by Gasteiger charge is 2.36. The topological polar surface area (TPSA) is 62.5 Å². The zero-order valence-corrected chi connectivity index (χ0v) is 13.9. The maximum atomic E-state index is 11.8. The van der Waals surface area contributed by atoms with E-state index in [1.807, 2.05) is 24.3 Å². The lowest BCUT2D eigenvalue weighted by Crippen LogP contribution is -2.22. The van der Waals surface area contributed by atoms with Gasteiger partial charge in [-0.05, 0) is 61.1 Å². The number of furan rings is 1. The number of nitrogens with one attached hydrogen (secondary N) is 1. The van der Waals surface area contributed by atoms with Crippen LogP contribution in [0.5, 0.6) is 5.75 Å². The molecule has 1 aromatic heterocycles. The standard InChI is InChI=1S/C20H23NO3/c1-14-13-18(14)19-10-8-17(24-19)9-11-20(23)21-12-2-3-15-4-6-16(22)7-5-15/h4-11,14,18,22H,2-3,12-13H2,1H3,(H,21,23). The second-order valence-corrected chi connectivity index (χ2v) is 6.45. The molecule has 4 nitrogen and oxygen atoms in total. The molecule has 4 heteroatoms. The quantitative estimate of drug-likeness (QED) is 0.600. The van der Waals surface area contributed by atoms with Crippen LogP contribution in [0.2, 0.25) is 0 Å². The second-order valence-electron chi connectivity index (χ2n) is 6.45. The molecule has 0 saturated heterocycles. The molecule has 1 aliphatic rings. The van der Waals surface area contributed by atoms with Crippen molar-refractivity contribution in [3.8, 4) is 5.75 Å². The summed E-state index contributed by atoms with van der Waals surface area (Å²) in [6.45, 7) is 2.83. The van der Waals surface area contributed by atoms with E-state index in [0.717, 1.165) is 29.9 Å². The highest BCUT2D eigenvalue weighted by Crippen LogP contribution is 2.47. The molecule has 1 saturated carbocycles. The Bertz CT molecular complexity index is 715. The van der Waals surface area contributed by atoms with Crippen LogP contribution < -0.4 is 5.32 Å². The maximum Gasteiger partial charge on any atom is 0.244 e. The first kappa shape index (κ1) is 16.4. The van der Waals surface area contributed by atoms with Crippen molar-refractivity contribution in [2.75, 3.05) is 6.54 Å². The van der Waals surface area contributed by atoms with Crippen LogP contribution >= 0.6 is 0 Å². The van der Waals surface area contributed by atoms with Crippen LogP contribution in [0.4, 0.5) is 0 Å². The van der Waals surface area contributed by atoms with Gasteiger partial charge in [-0.15, -0.1) is 0 Å². The molecule has 2 atom stereocenters. The van der Waals surface area contributed by atoms with Gasteiger partial charge in [0.2, 0.25) is 5.91 Å². The molecule has 0 radical (unpaired) electrons. The number of rotatable bonds is 7. The van der Waals surface area contributed by atoms with E-state index in [9.17, 15) is 9.90 Å². The monoisotopic (exact) mass is 325 g/mol. The van der Waals surface area contributed by atoms with Gasteiger partial charge >= 0.3 is 0 Å². The second kappa shape index (κ2) is 7.39. The van der Waals surface area contributed by atoms with E-state index in [0.29, 0.717) is 18.4 Å². The molecule has 2 N–H and O–H groups in total. The first-order valence-electron chi connectivity index (χ1n) is 8.45. The number of amides is 1. The van der Waals surface area contributed by atoms with E-state index in [2.05, 4.69) is 12.2 Å². The van der Waals surface area contributed by atoms with Crippen molar-refractivity contribution in [1.82, 2.24) is 5.32 Å². The summed E-state index contributed by atoms with van der Waals surface area (Å²) < 4.78 is 5.73. The van der Waals surface area contributed by atoms with Gasteiger partial charge in [0.1, 0.15) is 17.3 Å². The van der Waals surface area contributed by atoms with Crippen LogP contribution in [0.25, 0.3) is 6.08 Å². The van der Waals surface area contributed by atoms with Crippen molar-refractivity contribution in [2.24, 2.45) is 5.92 Å². The van der Waals surface area contributed by atoms with Crippen LogP contribution in [0.1, 0.15) is 42.8 Å².